The van der Waals surface area contributed by atoms with Gasteiger partial charge < -0.3 is 0 Å². The van der Waals surface area contributed by atoms with E-state index in [1.807, 2.05) is 47.8 Å². The second-order valence-electron chi connectivity index (χ2n) is 6.47. The predicted octanol–water partition coefficient (Wildman–Crippen LogP) is 5.21. The van der Waals surface area contributed by atoms with Gasteiger partial charge in [-0.15, -0.1) is 21.5 Å². The molecule has 1 aromatic carbocycles. The second-order valence-corrected chi connectivity index (χ2v) is 8.48. The minimum atomic E-state index is 0.212. The highest BCUT2D eigenvalue weighted by molar-refractivity contribution is 7.99. The lowest BCUT2D eigenvalue weighted by atomic mass is 10.2. The van der Waals surface area contributed by atoms with Gasteiger partial charge in [0.15, 0.2) is 16.8 Å². The van der Waals surface area contributed by atoms with Crippen molar-refractivity contribution < 1.29 is 4.79 Å². The van der Waals surface area contributed by atoms with Crippen molar-refractivity contribution >= 4 is 28.9 Å². The fourth-order valence-corrected chi connectivity index (χ4v) is 4.55. The smallest absolute Gasteiger partial charge is 0.191 e. The molecule has 0 saturated heterocycles. The maximum absolute atomic E-state index is 12.2. The Labute approximate surface area is 177 Å². The molecule has 3 heterocycles. The Morgan fingerprint density at radius 2 is 1.83 bits per heavy atom. The number of ketones is 1. The van der Waals surface area contributed by atoms with Crippen molar-refractivity contribution in [3.63, 3.8) is 0 Å². The molecule has 0 N–H and O–H groups in total. The van der Waals surface area contributed by atoms with Crippen molar-refractivity contribution in [3.05, 3.63) is 82.8 Å². The molecule has 7 heteroatoms. The number of rotatable bonds is 9. The van der Waals surface area contributed by atoms with Gasteiger partial charge in [0.05, 0.1) is 11.4 Å². The molecule has 0 aliphatic heterocycles. The fourth-order valence-electron chi connectivity index (χ4n) is 2.98. The number of pyridine rings is 1. The van der Waals surface area contributed by atoms with Crippen LogP contribution in [0.5, 0.6) is 0 Å². The number of aromatic nitrogens is 4. The average molecular weight is 421 g/mol. The average Bonchev–Trinajstić information content (AvgIpc) is 3.43. The summed E-state index contributed by atoms with van der Waals surface area (Å²) in [5.41, 5.74) is 2.18. The molecular weight excluding hydrogens is 400 g/mol. The van der Waals surface area contributed by atoms with Gasteiger partial charge in [0, 0.05) is 30.1 Å². The Hall–Kier alpha value is -2.77. The molecule has 29 heavy (non-hydrogen) atoms. The van der Waals surface area contributed by atoms with E-state index in [0.717, 1.165) is 33.6 Å². The van der Waals surface area contributed by atoms with Crippen molar-refractivity contribution in [2.24, 2.45) is 0 Å². The van der Waals surface area contributed by atoms with Gasteiger partial charge in [-0.1, -0.05) is 48.2 Å². The number of carbonyl (C=O) groups is 1. The van der Waals surface area contributed by atoms with E-state index in [9.17, 15) is 4.79 Å². The minimum absolute atomic E-state index is 0.212. The van der Waals surface area contributed by atoms with Crippen LogP contribution >= 0.6 is 23.1 Å². The Kier molecular flexibility index (Phi) is 6.49. The lowest BCUT2D eigenvalue weighted by Crippen LogP contribution is -2.04. The van der Waals surface area contributed by atoms with Crippen LogP contribution in [0.2, 0.25) is 0 Å². The van der Waals surface area contributed by atoms with Gasteiger partial charge in [-0.25, -0.2) is 0 Å². The van der Waals surface area contributed by atoms with Crippen molar-refractivity contribution in [1.29, 1.82) is 0 Å². The Balaban J connectivity index is 1.47. The van der Waals surface area contributed by atoms with E-state index in [-0.39, 0.29) is 5.78 Å². The molecule has 4 aromatic rings. The molecule has 0 fully saturated rings. The van der Waals surface area contributed by atoms with Crippen LogP contribution in [0.1, 0.15) is 28.1 Å². The highest BCUT2D eigenvalue weighted by Gasteiger charge is 2.15. The lowest BCUT2D eigenvalue weighted by molar-refractivity contribution is 0.0986. The Morgan fingerprint density at radius 1 is 1.00 bits per heavy atom. The highest BCUT2D eigenvalue weighted by atomic mass is 32.2. The Morgan fingerprint density at radius 3 is 2.59 bits per heavy atom. The normalized spacial score (nSPS) is 10.9. The zero-order chi connectivity index (χ0) is 19.9. The first-order chi connectivity index (χ1) is 14.3. The first-order valence-electron chi connectivity index (χ1n) is 9.38. The van der Waals surface area contributed by atoms with Crippen molar-refractivity contribution in [2.75, 3.05) is 5.75 Å². The zero-order valence-electron chi connectivity index (χ0n) is 15.8. The monoisotopic (exact) mass is 420 g/mol. The molecule has 5 nitrogen and oxygen atoms in total. The maximum Gasteiger partial charge on any atom is 0.191 e. The molecule has 0 aliphatic carbocycles. The van der Waals surface area contributed by atoms with Crippen LogP contribution in [0.4, 0.5) is 0 Å². The van der Waals surface area contributed by atoms with Gasteiger partial charge in [-0.3, -0.25) is 14.3 Å². The molecule has 146 valence electrons. The molecular formula is C22H20N4OS2. The molecule has 0 amide bonds. The van der Waals surface area contributed by atoms with Gasteiger partial charge in [-0.05, 0) is 35.6 Å². The van der Waals surface area contributed by atoms with E-state index in [2.05, 4.69) is 31.9 Å². The van der Waals surface area contributed by atoms with Crippen molar-refractivity contribution in [3.8, 4) is 11.4 Å². The zero-order valence-corrected chi connectivity index (χ0v) is 17.4. The van der Waals surface area contributed by atoms with Crippen molar-refractivity contribution in [2.45, 2.75) is 24.5 Å². The minimum Gasteiger partial charge on any atom is -0.298 e. The van der Waals surface area contributed by atoms with E-state index in [0.29, 0.717) is 13.0 Å². The number of hydrogen-bond acceptors (Lipinski definition) is 6. The Bertz CT molecular complexity index is 1050. The number of hydrogen-bond donors (Lipinski definition) is 0. The van der Waals surface area contributed by atoms with Crippen LogP contribution in [0, 0.1) is 0 Å². The summed E-state index contributed by atoms with van der Waals surface area (Å²) in [5, 5.41) is 11.7. The maximum atomic E-state index is 12.2. The molecule has 3 aromatic heterocycles. The quantitative estimate of drug-likeness (QED) is 0.211. The summed E-state index contributed by atoms with van der Waals surface area (Å²) in [6.45, 7) is 0.696. The van der Waals surface area contributed by atoms with E-state index in [4.69, 9.17) is 0 Å². The molecule has 0 bridgehead atoms. The number of thioether (sulfide) groups is 1. The number of Topliss-reactive ketones (excluding diaryl/α,β-unsaturated/α-hetero) is 1. The summed E-state index contributed by atoms with van der Waals surface area (Å²) < 4.78 is 2.14. The number of nitrogens with zero attached hydrogens (tertiary/aromatic N) is 4. The number of thiophene rings is 1. The largest absolute Gasteiger partial charge is 0.298 e. The van der Waals surface area contributed by atoms with Gasteiger partial charge in [0.1, 0.15) is 0 Å². The standard InChI is InChI=1S/C22H20N4OS2/c27-19(20-9-5-14-28-20)8-4-15-29-22-25-24-21(18-10-12-23-13-11-18)26(22)16-17-6-2-1-3-7-17/h1-3,5-7,9-14H,4,8,15-16H2. The van der Waals surface area contributed by atoms with E-state index in [1.54, 1.807) is 24.2 Å². The van der Waals surface area contributed by atoms with Crippen molar-refractivity contribution in [1.82, 2.24) is 19.7 Å². The summed E-state index contributed by atoms with van der Waals surface area (Å²) in [5.74, 6) is 1.86. The van der Waals surface area contributed by atoms with Gasteiger partial charge in [0.2, 0.25) is 0 Å². The lowest BCUT2D eigenvalue weighted by Gasteiger charge is -2.10. The molecule has 0 aliphatic rings. The molecule has 0 spiro atoms. The third kappa shape index (κ3) is 4.99. The number of benzene rings is 1. The summed E-state index contributed by atoms with van der Waals surface area (Å²) in [6, 6.07) is 18.0. The first kappa shape index (κ1) is 19.5. The fraction of sp³-hybridized carbons (Fsp3) is 0.182. The topological polar surface area (TPSA) is 60.7 Å². The third-order valence-electron chi connectivity index (χ3n) is 4.41. The van der Waals surface area contributed by atoms with E-state index in [1.165, 1.54) is 16.9 Å². The van der Waals surface area contributed by atoms with E-state index < -0.39 is 0 Å². The van der Waals surface area contributed by atoms with Crippen LogP contribution in [0.3, 0.4) is 0 Å². The van der Waals surface area contributed by atoms with Gasteiger partial charge >= 0.3 is 0 Å². The number of carbonyl (C=O) groups excluding carboxylic acids is 1. The molecule has 0 radical (unpaired) electrons. The predicted molar refractivity (Wildman–Crippen MR) is 117 cm³/mol. The van der Waals surface area contributed by atoms with Crippen LogP contribution in [0.15, 0.2) is 77.5 Å². The molecule has 0 unspecified atom stereocenters. The molecule has 4 rings (SSSR count). The van der Waals surface area contributed by atoms with Gasteiger partial charge in [0.25, 0.3) is 0 Å². The van der Waals surface area contributed by atoms with Crippen LogP contribution < -0.4 is 0 Å². The SMILES string of the molecule is O=C(CCCSc1nnc(-c2ccncc2)n1Cc1ccccc1)c1cccs1. The highest BCUT2D eigenvalue weighted by Crippen LogP contribution is 2.26. The summed E-state index contributed by atoms with van der Waals surface area (Å²) in [4.78, 5) is 17.1. The summed E-state index contributed by atoms with van der Waals surface area (Å²) >= 11 is 3.15. The molecule has 0 atom stereocenters. The third-order valence-corrected chi connectivity index (χ3v) is 6.38. The van der Waals surface area contributed by atoms with E-state index >= 15 is 0 Å². The first-order valence-corrected chi connectivity index (χ1v) is 11.2. The van der Waals surface area contributed by atoms with Crippen LogP contribution in [0.25, 0.3) is 11.4 Å². The summed E-state index contributed by atoms with van der Waals surface area (Å²) in [7, 11) is 0. The second kappa shape index (κ2) is 9.62. The van der Waals surface area contributed by atoms with Gasteiger partial charge in [-0.2, -0.15) is 0 Å². The molecule has 0 saturated carbocycles. The summed E-state index contributed by atoms with van der Waals surface area (Å²) in [6.07, 6.45) is 4.89. The van der Waals surface area contributed by atoms with Crippen LogP contribution in [-0.4, -0.2) is 31.3 Å². The van der Waals surface area contributed by atoms with Crippen LogP contribution in [-0.2, 0) is 6.54 Å².